The molecule has 0 N–H and O–H groups in total. The molecule has 2 aliphatic rings. The summed E-state index contributed by atoms with van der Waals surface area (Å²) in [4.78, 5) is 0. The molecule has 43 heavy (non-hydrogen) atoms. The Balaban J connectivity index is 1.92. The van der Waals surface area contributed by atoms with Gasteiger partial charge in [0.25, 0.3) is 0 Å². The fourth-order valence-corrected chi connectivity index (χ4v) is 8.49. The van der Waals surface area contributed by atoms with Crippen molar-refractivity contribution in [1.82, 2.24) is 0 Å². The number of allylic oxidation sites excluding steroid dienone is 1. The van der Waals surface area contributed by atoms with Crippen LogP contribution in [0.3, 0.4) is 0 Å². The van der Waals surface area contributed by atoms with E-state index in [9.17, 15) is 0 Å². The molecule has 0 unspecified atom stereocenters. The summed E-state index contributed by atoms with van der Waals surface area (Å²) in [5.41, 5.74) is 13.9. The quantitative estimate of drug-likeness (QED) is 0.187. The molecule has 0 aliphatic heterocycles. The lowest BCUT2D eigenvalue weighted by molar-refractivity contribution is 0.547. The van der Waals surface area contributed by atoms with Crippen LogP contribution in [0.2, 0.25) is 39.3 Å². The topological polar surface area (TPSA) is 18.5 Å². The molecule has 0 fully saturated rings. The van der Waals surface area contributed by atoms with Gasteiger partial charge in [0.15, 0.2) is 0 Å². The average Bonchev–Trinajstić information content (AvgIpc) is 2.91. The van der Waals surface area contributed by atoms with Crippen LogP contribution in [-0.4, -0.2) is 16.6 Å². The number of aryl methyl sites for hydroxylation is 2. The SMILES string of the molecule is C=CCc1cc(-c2cc3c(c(-c4c(O[Si](C)(C)C)ccc5c4CCCC5)c2O[Si](C)(C)C)CCCC3)cc(C(C)(C)C)c1. The molecule has 3 aromatic rings. The van der Waals surface area contributed by atoms with Gasteiger partial charge in [-0.3, -0.25) is 0 Å². The molecular weight excluding hydrogens is 557 g/mol. The molecule has 2 nitrogen and oxygen atoms in total. The predicted octanol–water partition coefficient (Wildman–Crippen LogP) is 11.2. The summed E-state index contributed by atoms with van der Waals surface area (Å²) in [7, 11) is -3.87. The Labute approximate surface area is 264 Å². The molecule has 0 atom stereocenters. The van der Waals surface area contributed by atoms with Crippen molar-refractivity contribution in [3.05, 3.63) is 82.4 Å². The number of rotatable bonds is 8. The monoisotopic (exact) mass is 610 g/mol. The van der Waals surface area contributed by atoms with Crippen LogP contribution in [0.4, 0.5) is 0 Å². The lowest BCUT2D eigenvalue weighted by atomic mass is 9.78. The first-order valence-electron chi connectivity index (χ1n) is 16.6. The van der Waals surface area contributed by atoms with Crippen LogP contribution in [0.1, 0.15) is 79.8 Å². The number of hydrogen-bond donors (Lipinski definition) is 0. The van der Waals surface area contributed by atoms with Gasteiger partial charge < -0.3 is 8.85 Å². The van der Waals surface area contributed by atoms with Gasteiger partial charge in [0.1, 0.15) is 11.5 Å². The van der Waals surface area contributed by atoms with Crippen LogP contribution in [0.5, 0.6) is 11.5 Å². The summed E-state index contributed by atoms with van der Waals surface area (Å²) in [6, 6.07) is 14.3. The van der Waals surface area contributed by atoms with E-state index in [0.717, 1.165) is 43.6 Å². The first-order chi connectivity index (χ1) is 20.1. The van der Waals surface area contributed by atoms with Crippen molar-refractivity contribution in [1.29, 1.82) is 0 Å². The van der Waals surface area contributed by atoms with Crippen LogP contribution in [0.25, 0.3) is 22.3 Å². The normalized spacial score (nSPS) is 15.5. The van der Waals surface area contributed by atoms with Crippen molar-refractivity contribution in [2.75, 3.05) is 0 Å². The zero-order valence-electron chi connectivity index (χ0n) is 28.4. The van der Waals surface area contributed by atoms with E-state index in [4.69, 9.17) is 8.85 Å². The van der Waals surface area contributed by atoms with Crippen LogP contribution in [0, 0.1) is 0 Å². The molecule has 0 aromatic heterocycles. The maximum absolute atomic E-state index is 7.31. The zero-order chi connectivity index (χ0) is 31.2. The van der Waals surface area contributed by atoms with E-state index < -0.39 is 16.6 Å². The molecule has 0 heterocycles. The standard InChI is InChI=1S/C39H54O2Si2/c1-11-16-27-23-30(25-31(24-27)39(2,3)4)34-26-29-18-13-15-20-33(29)37(38(34)41-43(8,9)10)36-32-19-14-12-17-28(32)21-22-35(36)40-42(5,6)7/h11,21-26H,1,12-20H2,2-10H3. The van der Waals surface area contributed by atoms with E-state index in [2.05, 4.69) is 103 Å². The highest BCUT2D eigenvalue weighted by atomic mass is 28.4. The van der Waals surface area contributed by atoms with Gasteiger partial charge in [0, 0.05) is 16.7 Å². The third kappa shape index (κ3) is 7.23. The molecule has 0 radical (unpaired) electrons. The van der Waals surface area contributed by atoms with E-state index in [-0.39, 0.29) is 5.41 Å². The van der Waals surface area contributed by atoms with E-state index in [1.807, 2.05) is 6.08 Å². The van der Waals surface area contributed by atoms with Crippen LogP contribution >= 0.6 is 0 Å². The van der Waals surface area contributed by atoms with Gasteiger partial charge in [-0.15, -0.1) is 6.58 Å². The van der Waals surface area contributed by atoms with Gasteiger partial charge in [-0.25, -0.2) is 0 Å². The van der Waals surface area contributed by atoms with Crippen LogP contribution < -0.4 is 8.85 Å². The first kappa shape index (κ1) is 31.8. The summed E-state index contributed by atoms with van der Waals surface area (Å²) in [5.74, 6) is 2.16. The maximum Gasteiger partial charge on any atom is 0.242 e. The smallest absolute Gasteiger partial charge is 0.242 e. The zero-order valence-corrected chi connectivity index (χ0v) is 30.4. The van der Waals surface area contributed by atoms with Crippen molar-refractivity contribution < 1.29 is 8.85 Å². The number of benzene rings is 3. The molecule has 0 amide bonds. The minimum absolute atomic E-state index is 0.0413. The summed E-state index contributed by atoms with van der Waals surface area (Å²) in [5, 5.41) is 0. The van der Waals surface area contributed by atoms with Gasteiger partial charge in [0.05, 0.1) is 0 Å². The highest BCUT2D eigenvalue weighted by Gasteiger charge is 2.32. The summed E-state index contributed by atoms with van der Waals surface area (Å²) in [6.45, 7) is 24.9. The third-order valence-corrected chi connectivity index (χ3v) is 10.4. The Kier molecular flexibility index (Phi) is 8.95. The molecule has 4 heteroatoms. The second-order valence-corrected chi connectivity index (χ2v) is 24.7. The van der Waals surface area contributed by atoms with Gasteiger partial charge >= 0.3 is 0 Å². The second kappa shape index (κ2) is 12.1. The Morgan fingerprint density at radius 1 is 0.721 bits per heavy atom. The highest BCUT2D eigenvalue weighted by molar-refractivity contribution is 6.71. The van der Waals surface area contributed by atoms with Gasteiger partial charge in [-0.05, 0) is 154 Å². The van der Waals surface area contributed by atoms with Gasteiger partial charge in [-0.1, -0.05) is 51.1 Å². The van der Waals surface area contributed by atoms with Crippen molar-refractivity contribution in [2.24, 2.45) is 0 Å². The molecule has 0 bridgehead atoms. The Bertz CT molecular complexity index is 1510. The van der Waals surface area contributed by atoms with Gasteiger partial charge in [-0.2, -0.15) is 0 Å². The van der Waals surface area contributed by atoms with E-state index >= 15 is 0 Å². The van der Waals surface area contributed by atoms with Crippen LogP contribution in [0.15, 0.2) is 49.1 Å². The summed E-state index contributed by atoms with van der Waals surface area (Å²) in [6.07, 6.45) is 12.4. The Morgan fingerprint density at radius 2 is 1.33 bits per heavy atom. The predicted molar refractivity (Wildman–Crippen MR) is 191 cm³/mol. The van der Waals surface area contributed by atoms with Crippen molar-refractivity contribution in [2.45, 2.75) is 123 Å². The van der Waals surface area contributed by atoms with E-state index in [1.54, 1.807) is 0 Å². The molecular formula is C39H54O2Si2. The molecule has 0 saturated carbocycles. The number of hydrogen-bond acceptors (Lipinski definition) is 2. The average molecular weight is 611 g/mol. The highest BCUT2D eigenvalue weighted by Crippen LogP contribution is 2.52. The molecule has 0 spiro atoms. The van der Waals surface area contributed by atoms with E-state index in [0.29, 0.717) is 0 Å². The fraction of sp³-hybridized carbons (Fsp3) is 0.487. The van der Waals surface area contributed by atoms with Crippen molar-refractivity contribution in [3.63, 3.8) is 0 Å². The van der Waals surface area contributed by atoms with Gasteiger partial charge in [0.2, 0.25) is 16.6 Å². The lowest BCUT2D eigenvalue weighted by Crippen LogP contribution is -2.31. The molecule has 3 aromatic carbocycles. The van der Waals surface area contributed by atoms with E-state index in [1.165, 1.54) is 81.3 Å². The largest absolute Gasteiger partial charge is 0.544 e. The fourth-order valence-electron chi connectivity index (χ4n) is 6.84. The number of fused-ring (bicyclic) bond motifs is 2. The Hall–Kier alpha value is -2.57. The molecule has 0 saturated heterocycles. The van der Waals surface area contributed by atoms with Crippen molar-refractivity contribution in [3.8, 4) is 33.8 Å². The Morgan fingerprint density at radius 3 is 1.93 bits per heavy atom. The molecule has 5 rings (SSSR count). The second-order valence-electron chi connectivity index (χ2n) is 15.8. The summed E-state index contributed by atoms with van der Waals surface area (Å²) < 4.78 is 14.3. The minimum Gasteiger partial charge on any atom is -0.544 e. The van der Waals surface area contributed by atoms with Crippen LogP contribution in [-0.2, 0) is 37.5 Å². The first-order valence-corrected chi connectivity index (χ1v) is 23.4. The summed E-state index contributed by atoms with van der Waals surface area (Å²) >= 11 is 0. The third-order valence-electron chi connectivity index (χ3n) is 8.72. The van der Waals surface area contributed by atoms with Crippen molar-refractivity contribution >= 4 is 16.6 Å². The molecule has 230 valence electrons. The molecule has 2 aliphatic carbocycles. The maximum atomic E-state index is 7.31. The minimum atomic E-state index is -2.00. The lowest BCUT2D eigenvalue weighted by Gasteiger charge is -2.33.